The van der Waals surface area contributed by atoms with E-state index in [0.29, 0.717) is 11.4 Å². The topological polar surface area (TPSA) is 42.4 Å². The van der Waals surface area contributed by atoms with Crippen LogP contribution in [0.5, 0.6) is 5.75 Å². The van der Waals surface area contributed by atoms with Crippen LogP contribution in [0.4, 0.5) is 0 Å². The lowest BCUT2D eigenvalue weighted by Gasteiger charge is -2.37. The van der Waals surface area contributed by atoms with Gasteiger partial charge in [-0.15, -0.1) is 0 Å². The SMILES string of the molecule is CCC(CC)(c1ccccc1)C(O)c1ncccc1OC. The van der Waals surface area contributed by atoms with Gasteiger partial charge in [-0.25, -0.2) is 0 Å². The van der Waals surface area contributed by atoms with Gasteiger partial charge in [-0.05, 0) is 30.5 Å². The Morgan fingerprint density at radius 1 is 1.10 bits per heavy atom. The fraction of sp³-hybridized carbons (Fsp3) is 0.389. The zero-order valence-electron chi connectivity index (χ0n) is 12.9. The highest BCUT2D eigenvalue weighted by Gasteiger charge is 2.39. The van der Waals surface area contributed by atoms with Crippen LogP contribution in [-0.2, 0) is 5.41 Å². The van der Waals surface area contributed by atoms with Crippen LogP contribution in [0.3, 0.4) is 0 Å². The van der Waals surface area contributed by atoms with Gasteiger partial charge < -0.3 is 9.84 Å². The lowest BCUT2D eigenvalue weighted by Crippen LogP contribution is -2.33. The molecule has 0 amide bonds. The number of pyridine rings is 1. The van der Waals surface area contributed by atoms with Crippen molar-refractivity contribution in [1.82, 2.24) is 4.98 Å². The van der Waals surface area contributed by atoms with E-state index in [0.717, 1.165) is 18.4 Å². The van der Waals surface area contributed by atoms with Gasteiger partial charge in [-0.2, -0.15) is 0 Å². The number of aromatic nitrogens is 1. The molecule has 0 bridgehead atoms. The highest BCUT2D eigenvalue weighted by molar-refractivity contribution is 5.35. The summed E-state index contributed by atoms with van der Waals surface area (Å²) in [5, 5.41) is 11.1. The van der Waals surface area contributed by atoms with E-state index < -0.39 is 6.10 Å². The minimum Gasteiger partial charge on any atom is -0.495 e. The van der Waals surface area contributed by atoms with Crippen molar-refractivity contribution in [2.75, 3.05) is 7.11 Å². The number of nitrogens with zero attached hydrogens (tertiary/aromatic N) is 1. The summed E-state index contributed by atoms with van der Waals surface area (Å²) in [6.45, 7) is 4.21. The van der Waals surface area contributed by atoms with Crippen LogP contribution < -0.4 is 4.74 Å². The second-order valence-corrected chi connectivity index (χ2v) is 5.22. The van der Waals surface area contributed by atoms with Crippen molar-refractivity contribution in [2.45, 2.75) is 38.2 Å². The molecule has 0 fully saturated rings. The standard InChI is InChI=1S/C18H23NO2/c1-4-18(5-2,14-10-7-6-8-11-14)17(20)16-15(21-3)12-9-13-19-16/h6-13,17,20H,4-5H2,1-3H3. The van der Waals surface area contributed by atoms with E-state index in [1.807, 2.05) is 30.3 Å². The summed E-state index contributed by atoms with van der Waals surface area (Å²) < 4.78 is 5.36. The Morgan fingerprint density at radius 3 is 2.33 bits per heavy atom. The third-order valence-electron chi connectivity index (χ3n) is 4.41. The van der Waals surface area contributed by atoms with E-state index >= 15 is 0 Å². The Bertz CT molecular complexity index is 564. The van der Waals surface area contributed by atoms with Crippen molar-refractivity contribution < 1.29 is 9.84 Å². The lowest BCUT2D eigenvalue weighted by atomic mass is 9.70. The van der Waals surface area contributed by atoms with Gasteiger partial charge in [0.25, 0.3) is 0 Å². The van der Waals surface area contributed by atoms with Crippen LogP contribution in [0.1, 0.15) is 44.1 Å². The van der Waals surface area contributed by atoms with Crippen molar-refractivity contribution in [3.63, 3.8) is 0 Å². The number of ether oxygens (including phenoxy) is 1. The quantitative estimate of drug-likeness (QED) is 0.875. The molecule has 112 valence electrons. The fourth-order valence-corrected chi connectivity index (χ4v) is 3.02. The molecule has 0 aliphatic heterocycles. The Labute approximate surface area is 126 Å². The van der Waals surface area contributed by atoms with Crippen LogP contribution in [0.15, 0.2) is 48.7 Å². The number of aliphatic hydroxyl groups is 1. The lowest BCUT2D eigenvalue weighted by molar-refractivity contribution is 0.0665. The molecular weight excluding hydrogens is 262 g/mol. The van der Waals surface area contributed by atoms with Gasteiger partial charge >= 0.3 is 0 Å². The van der Waals surface area contributed by atoms with E-state index in [1.54, 1.807) is 13.3 Å². The molecule has 1 atom stereocenters. The molecular formula is C18H23NO2. The molecule has 2 aromatic rings. The highest BCUT2D eigenvalue weighted by atomic mass is 16.5. The first-order valence-electron chi connectivity index (χ1n) is 7.42. The van der Waals surface area contributed by atoms with Crippen LogP contribution in [-0.4, -0.2) is 17.2 Å². The van der Waals surface area contributed by atoms with Gasteiger partial charge in [-0.1, -0.05) is 44.2 Å². The van der Waals surface area contributed by atoms with Crippen molar-refractivity contribution in [1.29, 1.82) is 0 Å². The monoisotopic (exact) mass is 285 g/mol. The van der Waals surface area contributed by atoms with Gasteiger partial charge in [0.05, 0.1) is 7.11 Å². The van der Waals surface area contributed by atoms with Crippen molar-refractivity contribution in [3.05, 3.63) is 59.9 Å². The fourth-order valence-electron chi connectivity index (χ4n) is 3.02. The summed E-state index contributed by atoms with van der Waals surface area (Å²) in [6.07, 6.45) is 2.65. The van der Waals surface area contributed by atoms with E-state index in [-0.39, 0.29) is 5.41 Å². The minimum atomic E-state index is -0.703. The summed E-state index contributed by atoms with van der Waals surface area (Å²) in [7, 11) is 1.61. The average Bonchev–Trinajstić information content (AvgIpc) is 2.57. The molecule has 1 aromatic carbocycles. The number of benzene rings is 1. The zero-order chi connectivity index (χ0) is 15.3. The summed E-state index contributed by atoms with van der Waals surface area (Å²) in [5.74, 6) is 0.632. The highest BCUT2D eigenvalue weighted by Crippen LogP contribution is 2.44. The number of hydrogen-bond donors (Lipinski definition) is 1. The number of methoxy groups -OCH3 is 1. The predicted octanol–water partition coefficient (Wildman–Crippen LogP) is 3.88. The van der Waals surface area contributed by atoms with E-state index in [1.165, 1.54) is 0 Å². The Hall–Kier alpha value is -1.87. The summed E-state index contributed by atoms with van der Waals surface area (Å²) in [6, 6.07) is 13.8. The molecule has 1 unspecified atom stereocenters. The van der Waals surface area contributed by atoms with E-state index in [4.69, 9.17) is 4.74 Å². The van der Waals surface area contributed by atoms with Crippen LogP contribution >= 0.6 is 0 Å². The summed E-state index contributed by atoms with van der Waals surface area (Å²) >= 11 is 0. The van der Waals surface area contributed by atoms with Gasteiger partial charge in [-0.3, -0.25) is 4.98 Å². The second-order valence-electron chi connectivity index (χ2n) is 5.22. The summed E-state index contributed by atoms with van der Waals surface area (Å²) in [4.78, 5) is 4.36. The number of hydrogen-bond acceptors (Lipinski definition) is 3. The summed E-state index contributed by atoms with van der Waals surface area (Å²) in [5.41, 5.74) is 1.38. The average molecular weight is 285 g/mol. The molecule has 3 heteroatoms. The van der Waals surface area contributed by atoms with Crippen molar-refractivity contribution in [2.24, 2.45) is 0 Å². The zero-order valence-corrected chi connectivity index (χ0v) is 12.9. The Balaban J connectivity index is 2.52. The van der Waals surface area contributed by atoms with Gasteiger partial charge in [0.1, 0.15) is 17.5 Å². The molecule has 0 aliphatic carbocycles. The maximum Gasteiger partial charge on any atom is 0.143 e. The molecule has 0 saturated carbocycles. The predicted molar refractivity (Wildman–Crippen MR) is 84.5 cm³/mol. The molecule has 1 N–H and O–H groups in total. The van der Waals surface area contributed by atoms with Crippen LogP contribution in [0, 0.1) is 0 Å². The molecule has 3 nitrogen and oxygen atoms in total. The maximum absolute atomic E-state index is 11.1. The van der Waals surface area contributed by atoms with E-state index in [2.05, 4.69) is 31.0 Å². The second kappa shape index (κ2) is 6.72. The normalized spacial score (nSPS) is 13.0. The van der Waals surface area contributed by atoms with Gasteiger partial charge in [0.15, 0.2) is 0 Å². The minimum absolute atomic E-state index is 0.358. The molecule has 1 aromatic heterocycles. The van der Waals surface area contributed by atoms with Crippen molar-refractivity contribution >= 4 is 0 Å². The maximum atomic E-state index is 11.1. The molecule has 2 rings (SSSR count). The Kier molecular flexibility index (Phi) is 4.97. The third-order valence-corrected chi connectivity index (χ3v) is 4.41. The number of rotatable bonds is 6. The molecule has 0 radical (unpaired) electrons. The largest absolute Gasteiger partial charge is 0.495 e. The first-order valence-corrected chi connectivity index (χ1v) is 7.42. The first kappa shape index (κ1) is 15.5. The van der Waals surface area contributed by atoms with Gasteiger partial charge in [0.2, 0.25) is 0 Å². The molecule has 1 heterocycles. The molecule has 0 spiro atoms. The Morgan fingerprint density at radius 2 is 1.76 bits per heavy atom. The van der Waals surface area contributed by atoms with Crippen LogP contribution in [0.2, 0.25) is 0 Å². The molecule has 21 heavy (non-hydrogen) atoms. The first-order chi connectivity index (χ1) is 10.2. The van der Waals surface area contributed by atoms with E-state index in [9.17, 15) is 5.11 Å². The third kappa shape index (κ3) is 2.79. The van der Waals surface area contributed by atoms with Crippen molar-refractivity contribution in [3.8, 4) is 5.75 Å². The molecule has 0 aliphatic rings. The number of aliphatic hydroxyl groups excluding tert-OH is 1. The molecule has 0 saturated heterocycles. The van der Waals surface area contributed by atoms with Crippen LogP contribution in [0.25, 0.3) is 0 Å². The van der Waals surface area contributed by atoms with Gasteiger partial charge in [0, 0.05) is 11.6 Å². The smallest absolute Gasteiger partial charge is 0.143 e.